The Hall–Kier alpha value is -5.71. The van der Waals surface area contributed by atoms with Gasteiger partial charge in [-0.15, -0.1) is 0 Å². The first kappa shape index (κ1) is 42.9. The zero-order valence-corrected chi connectivity index (χ0v) is 33.5. The number of aromatic nitrogens is 5. The molecule has 1 aliphatic rings. The maximum absolute atomic E-state index is 12.7. The van der Waals surface area contributed by atoms with Crippen LogP contribution in [0, 0.1) is 13.8 Å². The predicted molar refractivity (Wildman–Crippen MR) is 215 cm³/mol. The highest BCUT2D eigenvalue weighted by Crippen LogP contribution is 2.38. The van der Waals surface area contributed by atoms with E-state index in [9.17, 15) is 36.6 Å². The molecule has 59 heavy (non-hydrogen) atoms. The summed E-state index contributed by atoms with van der Waals surface area (Å²) in [4.78, 5) is 16.5. The van der Waals surface area contributed by atoms with Crippen molar-refractivity contribution in [3.63, 3.8) is 0 Å². The van der Waals surface area contributed by atoms with Crippen molar-refractivity contribution >= 4 is 56.5 Å². The smallest absolute Gasteiger partial charge is 0.389 e. The Labute approximate surface area is 340 Å². The number of aliphatic hydroxyl groups is 2. The van der Waals surface area contributed by atoms with Crippen molar-refractivity contribution in [2.24, 2.45) is 17.3 Å². The number of aryl methyl sites for hydroxylation is 3. The lowest BCUT2D eigenvalue weighted by Gasteiger charge is -2.19. The van der Waals surface area contributed by atoms with Crippen LogP contribution in [0.1, 0.15) is 28.0 Å². The van der Waals surface area contributed by atoms with Crippen molar-refractivity contribution in [2.45, 2.75) is 55.0 Å². The Morgan fingerprint density at radius 3 is 2.39 bits per heavy atom. The summed E-state index contributed by atoms with van der Waals surface area (Å²) in [7, 11) is -1.38. The molecule has 16 nitrogen and oxygen atoms in total. The van der Waals surface area contributed by atoms with Crippen molar-refractivity contribution in [3.8, 4) is 11.3 Å². The van der Waals surface area contributed by atoms with Gasteiger partial charge in [0.2, 0.25) is 0 Å². The Balaban J connectivity index is 0.000000208. The van der Waals surface area contributed by atoms with Crippen LogP contribution >= 0.6 is 11.8 Å². The van der Waals surface area contributed by atoms with Crippen LogP contribution in [0.5, 0.6) is 0 Å². The molecular weight excluding hydrogens is 814 g/mol. The lowest BCUT2D eigenvalue weighted by molar-refractivity contribution is -0.0328. The molecule has 7 rings (SSSR count). The molecule has 1 saturated carbocycles. The summed E-state index contributed by atoms with van der Waals surface area (Å²) < 4.78 is 70.9. The molecule has 3 aromatic carbocycles. The Morgan fingerprint density at radius 2 is 1.69 bits per heavy atom. The summed E-state index contributed by atoms with van der Waals surface area (Å²) in [5.74, 6) is 0.181. The zero-order chi connectivity index (χ0) is 42.5. The minimum Gasteiger partial charge on any atom is -0.389 e. The first-order chi connectivity index (χ1) is 28.0. The molecule has 4 unspecified atom stereocenters. The fourth-order valence-corrected chi connectivity index (χ4v) is 7.44. The van der Waals surface area contributed by atoms with Crippen molar-refractivity contribution in [1.29, 1.82) is 0 Å². The number of thioether (sulfide) groups is 1. The van der Waals surface area contributed by atoms with Gasteiger partial charge in [0.25, 0.3) is 5.91 Å². The fourth-order valence-electron chi connectivity index (χ4n) is 6.13. The van der Waals surface area contributed by atoms with E-state index in [1.165, 1.54) is 33.6 Å². The van der Waals surface area contributed by atoms with E-state index < -0.39 is 40.1 Å². The molecule has 21 heteroatoms. The number of rotatable bonds is 11. The van der Waals surface area contributed by atoms with Crippen LogP contribution < -0.4 is 15.4 Å². The quantitative estimate of drug-likeness (QED) is 0.0705. The number of hydrogen-bond donors (Lipinski definition) is 5. The second kappa shape index (κ2) is 18.1. The molecule has 5 N–H and O–H groups in total. The SMILES string of the molecule is COS(=O)(=O)NC1CC(Nc2ccnc3cc(-c4cccc(SC(F)(F)F)c4)nn23)C(O)C1O.Cc1ccccc1N=Nc1ccc(NC(=O)c2ccnn2C)c(C)c1. The fraction of sp³-hybridized carbons (Fsp3) is 0.263. The topological polar surface area (TPSA) is 210 Å². The van der Waals surface area contributed by atoms with Gasteiger partial charge in [-0.2, -0.15) is 51.3 Å². The Morgan fingerprint density at radius 1 is 0.932 bits per heavy atom. The van der Waals surface area contributed by atoms with Crippen LogP contribution in [0.15, 0.2) is 112 Å². The largest absolute Gasteiger partial charge is 0.446 e. The number of alkyl halides is 3. The van der Waals surface area contributed by atoms with Gasteiger partial charge in [-0.3, -0.25) is 13.7 Å². The molecular formula is C38H39F3N10O6S2. The lowest BCUT2D eigenvalue weighted by atomic mass is 10.1. The highest BCUT2D eigenvalue weighted by molar-refractivity contribution is 8.00. The second-order valence-electron chi connectivity index (χ2n) is 13.3. The third-order valence-corrected chi connectivity index (χ3v) is 10.9. The van der Waals surface area contributed by atoms with E-state index >= 15 is 0 Å². The van der Waals surface area contributed by atoms with Crippen LogP contribution in [-0.4, -0.2) is 85.8 Å². The van der Waals surface area contributed by atoms with Gasteiger partial charge in [-0.05, 0) is 91.7 Å². The molecule has 0 radical (unpaired) electrons. The van der Waals surface area contributed by atoms with E-state index in [1.54, 1.807) is 37.5 Å². The van der Waals surface area contributed by atoms with Gasteiger partial charge >= 0.3 is 15.8 Å². The number of carbonyl (C=O) groups is 1. The number of amides is 1. The molecule has 0 spiro atoms. The highest BCUT2D eigenvalue weighted by Gasteiger charge is 2.43. The van der Waals surface area contributed by atoms with Crippen LogP contribution in [0.3, 0.4) is 0 Å². The third-order valence-electron chi connectivity index (χ3n) is 9.15. The molecule has 3 aromatic heterocycles. The first-order valence-electron chi connectivity index (χ1n) is 17.8. The molecule has 0 aliphatic heterocycles. The number of halogens is 3. The van der Waals surface area contributed by atoms with Gasteiger partial charge in [0, 0.05) is 41.7 Å². The van der Waals surface area contributed by atoms with Crippen LogP contribution in [0.25, 0.3) is 16.9 Å². The lowest BCUT2D eigenvalue weighted by Crippen LogP contribution is -2.43. The van der Waals surface area contributed by atoms with Crippen molar-refractivity contribution < 1.29 is 40.8 Å². The minimum atomic E-state index is -4.42. The first-order valence-corrected chi connectivity index (χ1v) is 20.0. The number of benzene rings is 3. The molecule has 310 valence electrons. The van der Waals surface area contributed by atoms with Gasteiger partial charge in [-0.25, -0.2) is 4.98 Å². The molecule has 1 amide bonds. The summed E-state index contributed by atoms with van der Waals surface area (Å²) in [5, 5.41) is 43.6. The Bertz CT molecular complexity index is 2580. The normalized spacial score (nSPS) is 18.2. The third kappa shape index (κ3) is 10.9. The number of aliphatic hydroxyl groups excluding tert-OH is 2. The highest BCUT2D eigenvalue weighted by atomic mass is 32.2. The van der Waals surface area contributed by atoms with Crippen molar-refractivity contribution in [2.75, 3.05) is 17.7 Å². The van der Waals surface area contributed by atoms with Gasteiger partial charge in [0.05, 0.1) is 42.4 Å². The number of carbonyl (C=O) groups excluding carboxylic acids is 1. The van der Waals surface area contributed by atoms with Crippen molar-refractivity contribution in [1.82, 2.24) is 29.1 Å². The molecule has 3 heterocycles. The second-order valence-corrected chi connectivity index (χ2v) is 15.9. The summed E-state index contributed by atoms with van der Waals surface area (Å²) in [6.45, 7) is 3.92. The molecule has 1 fully saturated rings. The number of nitrogens with one attached hydrogen (secondary N) is 3. The van der Waals surface area contributed by atoms with E-state index in [0.29, 0.717) is 28.4 Å². The summed E-state index contributed by atoms with van der Waals surface area (Å²) in [6.07, 6.45) is 0.416. The summed E-state index contributed by atoms with van der Waals surface area (Å²) in [6, 6.07) is 22.3. The standard InChI is InChI=1S/C19H20F3N5O5S2.C19H19N5O/c1-32-34(30,31)26-14-8-13(17(28)18(14)29)24-15-5-6-23-16-9-12(25-27(15)16)10-3-2-4-11(7-10)33-19(20,21)22;1-13-6-4-5-7-17(13)23-22-15-8-9-16(14(2)12-15)21-19(25)18-10-11-20-24(18)3/h2-7,9,13-14,17-18,24,26,28-29H,8H2,1H3;4-12H,1-3H3,(H,21,25). The maximum Gasteiger partial charge on any atom is 0.446 e. The van der Waals surface area contributed by atoms with E-state index in [1.807, 2.05) is 56.3 Å². The average Bonchev–Trinajstić information content (AvgIpc) is 3.90. The molecule has 0 saturated heterocycles. The van der Waals surface area contributed by atoms with Gasteiger partial charge < -0.3 is 20.8 Å². The van der Waals surface area contributed by atoms with Gasteiger partial charge in [0.15, 0.2) is 5.65 Å². The number of azo groups is 1. The number of hydrogen-bond acceptors (Lipinski definition) is 13. The summed E-state index contributed by atoms with van der Waals surface area (Å²) in [5.41, 5.74) is 1.60. The zero-order valence-electron chi connectivity index (χ0n) is 31.9. The van der Waals surface area contributed by atoms with E-state index in [4.69, 9.17) is 0 Å². The average molecular weight is 853 g/mol. The number of nitrogens with zero attached hydrogens (tertiary/aromatic N) is 7. The monoisotopic (exact) mass is 852 g/mol. The molecule has 6 aromatic rings. The van der Waals surface area contributed by atoms with Crippen molar-refractivity contribution in [3.05, 3.63) is 114 Å². The van der Waals surface area contributed by atoms with E-state index in [2.05, 4.69) is 44.9 Å². The van der Waals surface area contributed by atoms with Crippen LogP contribution in [0.4, 0.5) is 36.1 Å². The maximum atomic E-state index is 12.7. The van der Waals surface area contributed by atoms with Crippen LogP contribution in [-0.2, 0) is 21.5 Å². The molecule has 4 atom stereocenters. The van der Waals surface area contributed by atoms with Gasteiger partial charge in [-0.1, -0.05) is 30.3 Å². The predicted octanol–water partition coefficient (Wildman–Crippen LogP) is 6.47. The Kier molecular flexibility index (Phi) is 13.1. The van der Waals surface area contributed by atoms with E-state index in [0.717, 1.165) is 35.3 Å². The summed E-state index contributed by atoms with van der Waals surface area (Å²) >= 11 is -0.225. The molecule has 0 bridgehead atoms. The van der Waals surface area contributed by atoms with E-state index in [-0.39, 0.29) is 29.0 Å². The number of fused-ring (bicyclic) bond motifs is 1. The molecule has 1 aliphatic carbocycles. The van der Waals surface area contributed by atoms with Crippen LogP contribution in [0.2, 0.25) is 0 Å². The minimum absolute atomic E-state index is 0.0148. The van der Waals surface area contributed by atoms with Gasteiger partial charge in [0.1, 0.15) is 17.6 Å². The number of anilines is 2.